The second kappa shape index (κ2) is 9.03. The van der Waals surface area contributed by atoms with E-state index in [1.165, 1.54) is 11.1 Å². The van der Waals surface area contributed by atoms with E-state index in [0.29, 0.717) is 12.2 Å². The van der Waals surface area contributed by atoms with Crippen LogP contribution in [-0.2, 0) is 6.54 Å². The van der Waals surface area contributed by atoms with Gasteiger partial charge in [0.25, 0.3) is 5.91 Å². The molecule has 0 radical (unpaired) electrons. The molecule has 0 unspecified atom stereocenters. The van der Waals surface area contributed by atoms with Crippen molar-refractivity contribution in [2.75, 3.05) is 32.5 Å². The lowest BCUT2D eigenvalue weighted by Crippen LogP contribution is -2.27. The number of benzene rings is 1. The van der Waals surface area contributed by atoms with Crippen LogP contribution in [0.3, 0.4) is 0 Å². The Kier molecular flexibility index (Phi) is 6.75. The SMILES string of the molecule is Cc1ccccc1CNc1ccnc(C(=O)NCCCN(C)C)c1. The zero-order valence-electron chi connectivity index (χ0n) is 14.7. The number of amides is 1. The van der Waals surface area contributed by atoms with Gasteiger partial charge in [-0.05, 0) is 57.2 Å². The van der Waals surface area contributed by atoms with Gasteiger partial charge in [-0.3, -0.25) is 9.78 Å². The maximum atomic E-state index is 12.2. The van der Waals surface area contributed by atoms with Crippen molar-refractivity contribution in [2.24, 2.45) is 0 Å². The monoisotopic (exact) mass is 326 g/mol. The zero-order valence-corrected chi connectivity index (χ0v) is 14.7. The summed E-state index contributed by atoms with van der Waals surface area (Å²) < 4.78 is 0. The van der Waals surface area contributed by atoms with Crippen molar-refractivity contribution in [2.45, 2.75) is 19.9 Å². The molecule has 0 aliphatic carbocycles. The van der Waals surface area contributed by atoms with Gasteiger partial charge < -0.3 is 15.5 Å². The maximum Gasteiger partial charge on any atom is 0.269 e. The van der Waals surface area contributed by atoms with Gasteiger partial charge in [0.2, 0.25) is 0 Å². The van der Waals surface area contributed by atoms with Crippen LogP contribution in [0.15, 0.2) is 42.6 Å². The van der Waals surface area contributed by atoms with E-state index in [0.717, 1.165) is 25.2 Å². The first kappa shape index (κ1) is 17.9. The maximum absolute atomic E-state index is 12.2. The molecule has 5 heteroatoms. The molecule has 2 aromatic rings. The average Bonchev–Trinajstić information content (AvgIpc) is 2.58. The van der Waals surface area contributed by atoms with Gasteiger partial charge in [0, 0.05) is 25.0 Å². The minimum absolute atomic E-state index is 0.131. The first-order chi connectivity index (χ1) is 11.6. The molecular formula is C19H26N4O. The van der Waals surface area contributed by atoms with Crippen LogP contribution in [0.25, 0.3) is 0 Å². The fraction of sp³-hybridized carbons (Fsp3) is 0.368. The van der Waals surface area contributed by atoms with Crippen LogP contribution in [0.1, 0.15) is 28.0 Å². The second-order valence-corrected chi connectivity index (χ2v) is 6.12. The van der Waals surface area contributed by atoms with Crippen LogP contribution in [0.4, 0.5) is 5.69 Å². The first-order valence-electron chi connectivity index (χ1n) is 8.23. The Labute approximate surface area is 144 Å². The van der Waals surface area contributed by atoms with Crippen LogP contribution in [-0.4, -0.2) is 43.0 Å². The van der Waals surface area contributed by atoms with Crippen molar-refractivity contribution in [3.63, 3.8) is 0 Å². The van der Waals surface area contributed by atoms with E-state index in [9.17, 15) is 4.79 Å². The zero-order chi connectivity index (χ0) is 17.4. The highest BCUT2D eigenvalue weighted by atomic mass is 16.1. The Hall–Kier alpha value is -2.40. The summed E-state index contributed by atoms with van der Waals surface area (Å²) in [7, 11) is 4.04. The summed E-state index contributed by atoms with van der Waals surface area (Å²) in [5.74, 6) is -0.131. The molecule has 0 saturated heterocycles. The van der Waals surface area contributed by atoms with Crippen molar-refractivity contribution in [1.29, 1.82) is 0 Å². The predicted molar refractivity (Wildman–Crippen MR) is 98.2 cm³/mol. The number of pyridine rings is 1. The van der Waals surface area contributed by atoms with Crippen LogP contribution in [0.5, 0.6) is 0 Å². The highest BCUT2D eigenvalue weighted by Crippen LogP contribution is 2.12. The second-order valence-electron chi connectivity index (χ2n) is 6.12. The molecule has 128 valence electrons. The molecule has 1 aromatic carbocycles. The Balaban J connectivity index is 1.89. The quantitative estimate of drug-likeness (QED) is 0.732. The lowest BCUT2D eigenvalue weighted by molar-refractivity contribution is 0.0947. The number of hydrogen-bond acceptors (Lipinski definition) is 4. The van der Waals surface area contributed by atoms with E-state index in [1.807, 2.05) is 32.3 Å². The molecule has 24 heavy (non-hydrogen) atoms. The topological polar surface area (TPSA) is 57.3 Å². The number of aryl methyl sites for hydroxylation is 1. The Morgan fingerprint density at radius 2 is 2.00 bits per heavy atom. The van der Waals surface area contributed by atoms with Crippen molar-refractivity contribution in [3.8, 4) is 0 Å². The minimum Gasteiger partial charge on any atom is -0.381 e. The molecule has 0 fully saturated rings. The fourth-order valence-electron chi connectivity index (χ4n) is 2.36. The number of nitrogens with one attached hydrogen (secondary N) is 2. The number of carbonyl (C=O) groups excluding carboxylic acids is 1. The largest absolute Gasteiger partial charge is 0.381 e. The summed E-state index contributed by atoms with van der Waals surface area (Å²) in [4.78, 5) is 18.4. The van der Waals surface area contributed by atoms with E-state index in [2.05, 4.69) is 39.6 Å². The third-order valence-corrected chi connectivity index (χ3v) is 3.80. The Morgan fingerprint density at radius 1 is 1.21 bits per heavy atom. The Morgan fingerprint density at radius 3 is 2.75 bits per heavy atom. The van der Waals surface area contributed by atoms with Crippen molar-refractivity contribution in [1.82, 2.24) is 15.2 Å². The normalized spacial score (nSPS) is 10.7. The minimum atomic E-state index is -0.131. The fourth-order valence-corrected chi connectivity index (χ4v) is 2.36. The van der Waals surface area contributed by atoms with Gasteiger partial charge in [0.15, 0.2) is 0 Å². The summed E-state index contributed by atoms with van der Waals surface area (Å²) in [5.41, 5.74) is 3.82. The molecule has 2 N–H and O–H groups in total. The van der Waals surface area contributed by atoms with E-state index in [1.54, 1.807) is 12.3 Å². The van der Waals surface area contributed by atoms with Gasteiger partial charge in [-0.25, -0.2) is 0 Å². The van der Waals surface area contributed by atoms with Crippen molar-refractivity contribution < 1.29 is 4.79 Å². The van der Waals surface area contributed by atoms with E-state index in [-0.39, 0.29) is 5.91 Å². The van der Waals surface area contributed by atoms with Crippen LogP contribution >= 0.6 is 0 Å². The van der Waals surface area contributed by atoms with E-state index >= 15 is 0 Å². The van der Waals surface area contributed by atoms with Crippen molar-refractivity contribution in [3.05, 3.63) is 59.4 Å². The number of anilines is 1. The molecule has 1 amide bonds. The third-order valence-electron chi connectivity index (χ3n) is 3.80. The lowest BCUT2D eigenvalue weighted by atomic mass is 10.1. The average molecular weight is 326 g/mol. The standard InChI is InChI=1S/C19H26N4O/c1-15-7-4-5-8-16(15)14-22-17-9-11-20-18(13-17)19(24)21-10-6-12-23(2)3/h4-5,7-9,11,13H,6,10,12,14H2,1-3H3,(H,20,22)(H,21,24). The number of nitrogens with zero attached hydrogens (tertiary/aromatic N) is 2. The summed E-state index contributed by atoms with van der Waals surface area (Å²) in [6.07, 6.45) is 2.58. The Bertz CT molecular complexity index is 670. The molecule has 2 rings (SSSR count). The molecule has 0 spiro atoms. The summed E-state index contributed by atoms with van der Waals surface area (Å²) >= 11 is 0. The molecule has 5 nitrogen and oxygen atoms in total. The molecule has 0 aliphatic rings. The highest BCUT2D eigenvalue weighted by Gasteiger charge is 2.07. The number of hydrogen-bond donors (Lipinski definition) is 2. The van der Waals surface area contributed by atoms with Gasteiger partial charge in [0.05, 0.1) is 0 Å². The van der Waals surface area contributed by atoms with E-state index in [4.69, 9.17) is 0 Å². The molecule has 1 heterocycles. The molecule has 0 saturated carbocycles. The molecule has 0 bridgehead atoms. The van der Waals surface area contributed by atoms with Crippen LogP contribution < -0.4 is 10.6 Å². The summed E-state index contributed by atoms with van der Waals surface area (Å²) in [6, 6.07) is 11.9. The molecule has 0 aliphatic heterocycles. The van der Waals surface area contributed by atoms with Crippen molar-refractivity contribution >= 4 is 11.6 Å². The smallest absolute Gasteiger partial charge is 0.269 e. The van der Waals surface area contributed by atoms with Gasteiger partial charge in [0.1, 0.15) is 5.69 Å². The molecule has 1 aromatic heterocycles. The van der Waals surface area contributed by atoms with Gasteiger partial charge in [-0.2, -0.15) is 0 Å². The number of carbonyl (C=O) groups is 1. The third kappa shape index (κ3) is 5.66. The van der Waals surface area contributed by atoms with Crippen LogP contribution in [0, 0.1) is 6.92 Å². The number of aromatic nitrogens is 1. The van der Waals surface area contributed by atoms with Gasteiger partial charge in [-0.15, -0.1) is 0 Å². The highest BCUT2D eigenvalue weighted by molar-refractivity contribution is 5.93. The van der Waals surface area contributed by atoms with Crippen LogP contribution in [0.2, 0.25) is 0 Å². The molecule has 0 atom stereocenters. The van der Waals surface area contributed by atoms with Gasteiger partial charge >= 0.3 is 0 Å². The first-order valence-corrected chi connectivity index (χ1v) is 8.23. The predicted octanol–water partition coefficient (Wildman–Crippen LogP) is 2.68. The van der Waals surface area contributed by atoms with E-state index < -0.39 is 0 Å². The number of rotatable bonds is 8. The lowest BCUT2D eigenvalue weighted by Gasteiger charge is -2.11. The van der Waals surface area contributed by atoms with Gasteiger partial charge in [-0.1, -0.05) is 24.3 Å². The summed E-state index contributed by atoms with van der Waals surface area (Å²) in [5, 5.41) is 6.26. The summed E-state index contributed by atoms with van der Waals surface area (Å²) in [6.45, 7) is 4.42. The molecular weight excluding hydrogens is 300 g/mol.